The van der Waals surface area contributed by atoms with Gasteiger partial charge >= 0.3 is 0 Å². The number of nitriles is 1. The van der Waals surface area contributed by atoms with Gasteiger partial charge in [0.15, 0.2) is 11.5 Å². The van der Waals surface area contributed by atoms with Crippen molar-refractivity contribution in [1.82, 2.24) is 5.32 Å². The quantitative estimate of drug-likeness (QED) is 0.841. The molecular weight excluding hydrogens is 232 g/mol. The van der Waals surface area contributed by atoms with E-state index in [9.17, 15) is 10.4 Å². The van der Waals surface area contributed by atoms with Gasteiger partial charge in [-0.3, -0.25) is 5.32 Å². The molecule has 0 radical (unpaired) electrons. The van der Waals surface area contributed by atoms with E-state index in [-0.39, 0.29) is 13.4 Å². The standard InChI is InChI=1S/C13H16N2O3/c1-13(2,7-16)15-10(6-14)9-3-4-11-12(5-9)18-8-17-11/h3-5,10,15-16H,7-8H2,1-2H3. The van der Waals surface area contributed by atoms with Gasteiger partial charge in [-0.15, -0.1) is 0 Å². The van der Waals surface area contributed by atoms with Crippen molar-refractivity contribution in [2.75, 3.05) is 13.4 Å². The average molecular weight is 248 g/mol. The fourth-order valence-electron chi connectivity index (χ4n) is 1.72. The van der Waals surface area contributed by atoms with Crippen LogP contribution in [-0.2, 0) is 0 Å². The van der Waals surface area contributed by atoms with Crippen molar-refractivity contribution < 1.29 is 14.6 Å². The maximum atomic E-state index is 9.22. The molecule has 0 aliphatic carbocycles. The fourth-order valence-corrected chi connectivity index (χ4v) is 1.72. The summed E-state index contributed by atoms with van der Waals surface area (Å²) in [6, 6.07) is 7.08. The van der Waals surface area contributed by atoms with Gasteiger partial charge in [0.2, 0.25) is 6.79 Å². The molecule has 1 aromatic rings. The van der Waals surface area contributed by atoms with Crippen molar-refractivity contribution in [2.45, 2.75) is 25.4 Å². The van der Waals surface area contributed by atoms with Gasteiger partial charge in [-0.25, -0.2) is 0 Å². The predicted octanol–water partition coefficient (Wildman–Crippen LogP) is 1.34. The number of nitrogens with zero attached hydrogens (tertiary/aromatic N) is 1. The van der Waals surface area contributed by atoms with Crippen LogP contribution in [-0.4, -0.2) is 24.0 Å². The van der Waals surface area contributed by atoms with Gasteiger partial charge in [0.05, 0.1) is 12.7 Å². The largest absolute Gasteiger partial charge is 0.454 e. The summed E-state index contributed by atoms with van der Waals surface area (Å²) in [5.41, 5.74) is 0.278. The van der Waals surface area contributed by atoms with Crippen molar-refractivity contribution in [3.05, 3.63) is 23.8 Å². The Morgan fingerprint density at radius 2 is 2.17 bits per heavy atom. The van der Waals surface area contributed by atoms with Crippen LogP contribution in [0.5, 0.6) is 11.5 Å². The lowest BCUT2D eigenvalue weighted by atomic mass is 10.0. The molecule has 0 saturated carbocycles. The molecule has 0 bridgehead atoms. The third-order valence-electron chi connectivity index (χ3n) is 2.79. The highest BCUT2D eigenvalue weighted by Crippen LogP contribution is 2.34. The van der Waals surface area contributed by atoms with E-state index in [0.717, 1.165) is 5.56 Å². The van der Waals surface area contributed by atoms with E-state index in [0.29, 0.717) is 11.5 Å². The monoisotopic (exact) mass is 248 g/mol. The number of ether oxygens (including phenoxy) is 2. The summed E-state index contributed by atoms with van der Waals surface area (Å²) in [6.07, 6.45) is 0. The summed E-state index contributed by atoms with van der Waals surface area (Å²) in [5, 5.41) is 21.5. The molecule has 2 rings (SSSR count). The molecule has 5 nitrogen and oxygen atoms in total. The van der Waals surface area contributed by atoms with Gasteiger partial charge < -0.3 is 14.6 Å². The van der Waals surface area contributed by atoms with Crippen LogP contribution in [0.25, 0.3) is 0 Å². The zero-order valence-corrected chi connectivity index (χ0v) is 10.4. The third-order valence-corrected chi connectivity index (χ3v) is 2.79. The molecule has 0 spiro atoms. The maximum Gasteiger partial charge on any atom is 0.231 e. The number of hydrogen-bond donors (Lipinski definition) is 2. The molecule has 1 aliphatic rings. The number of rotatable bonds is 4. The lowest BCUT2D eigenvalue weighted by Crippen LogP contribution is -2.44. The Bertz CT molecular complexity index is 480. The number of fused-ring (bicyclic) bond motifs is 1. The first-order valence-electron chi connectivity index (χ1n) is 5.73. The number of aliphatic hydroxyl groups excluding tert-OH is 1. The number of nitrogens with one attached hydrogen (secondary N) is 1. The Kier molecular flexibility index (Phi) is 3.41. The molecule has 1 aliphatic heterocycles. The van der Waals surface area contributed by atoms with Crippen LogP contribution in [0, 0.1) is 11.3 Å². The van der Waals surface area contributed by atoms with Crippen molar-refractivity contribution in [1.29, 1.82) is 5.26 Å². The highest BCUT2D eigenvalue weighted by atomic mass is 16.7. The van der Waals surface area contributed by atoms with E-state index in [1.54, 1.807) is 12.1 Å². The summed E-state index contributed by atoms with van der Waals surface area (Å²) in [5.74, 6) is 1.34. The second-order valence-electron chi connectivity index (χ2n) is 4.86. The molecule has 2 N–H and O–H groups in total. The molecule has 1 aromatic carbocycles. The van der Waals surface area contributed by atoms with Crippen molar-refractivity contribution in [3.8, 4) is 17.6 Å². The zero-order chi connectivity index (χ0) is 13.2. The Hall–Kier alpha value is -1.77. The summed E-state index contributed by atoms with van der Waals surface area (Å²) in [6.45, 7) is 3.84. The number of hydrogen-bond acceptors (Lipinski definition) is 5. The second kappa shape index (κ2) is 4.84. The van der Waals surface area contributed by atoms with Crippen LogP contribution in [0.1, 0.15) is 25.5 Å². The molecular formula is C13H16N2O3. The van der Waals surface area contributed by atoms with Gasteiger partial charge in [-0.2, -0.15) is 5.26 Å². The Labute approximate surface area is 106 Å². The van der Waals surface area contributed by atoms with E-state index in [4.69, 9.17) is 9.47 Å². The van der Waals surface area contributed by atoms with E-state index in [2.05, 4.69) is 11.4 Å². The van der Waals surface area contributed by atoms with Crippen LogP contribution in [0.2, 0.25) is 0 Å². The summed E-state index contributed by atoms with van der Waals surface area (Å²) in [4.78, 5) is 0. The maximum absolute atomic E-state index is 9.22. The van der Waals surface area contributed by atoms with E-state index >= 15 is 0 Å². The van der Waals surface area contributed by atoms with E-state index < -0.39 is 11.6 Å². The Morgan fingerprint density at radius 1 is 1.44 bits per heavy atom. The van der Waals surface area contributed by atoms with Crippen molar-refractivity contribution in [2.24, 2.45) is 0 Å². The first-order chi connectivity index (χ1) is 8.55. The number of benzene rings is 1. The summed E-state index contributed by atoms with van der Waals surface area (Å²) >= 11 is 0. The lowest BCUT2D eigenvalue weighted by Gasteiger charge is -2.27. The topological polar surface area (TPSA) is 74.5 Å². The fraction of sp³-hybridized carbons (Fsp3) is 0.462. The molecule has 0 aromatic heterocycles. The molecule has 1 unspecified atom stereocenters. The molecule has 0 fully saturated rings. The molecule has 5 heteroatoms. The number of aliphatic hydroxyl groups is 1. The predicted molar refractivity (Wildman–Crippen MR) is 65.2 cm³/mol. The zero-order valence-electron chi connectivity index (χ0n) is 10.4. The van der Waals surface area contributed by atoms with Crippen LogP contribution >= 0.6 is 0 Å². The third kappa shape index (κ3) is 2.55. The smallest absolute Gasteiger partial charge is 0.231 e. The minimum atomic E-state index is -0.517. The molecule has 0 amide bonds. The second-order valence-corrected chi connectivity index (χ2v) is 4.86. The van der Waals surface area contributed by atoms with Crippen LogP contribution < -0.4 is 14.8 Å². The van der Waals surface area contributed by atoms with Gasteiger partial charge in [0, 0.05) is 5.54 Å². The molecule has 18 heavy (non-hydrogen) atoms. The molecule has 1 atom stereocenters. The minimum Gasteiger partial charge on any atom is -0.454 e. The van der Waals surface area contributed by atoms with Crippen LogP contribution in [0.15, 0.2) is 18.2 Å². The SMILES string of the molecule is CC(C)(CO)NC(C#N)c1ccc2c(c1)OCO2. The summed E-state index contributed by atoms with van der Waals surface area (Å²) in [7, 11) is 0. The summed E-state index contributed by atoms with van der Waals surface area (Å²) < 4.78 is 10.5. The molecule has 1 heterocycles. The first-order valence-corrected chi connectivity index (χ1v) is 5.73. The highest BCUT2D eigenvalue weighted by molar-refractivity contribution is 5.46. The van der Waals surface area contributed by atoms with Gasteiger partial charge in [0.1, 0.15) is 6.04 Å². The average Bonchev–Trinajstić information content (AvgIpc) is 2.83. The molecule has 0 saturated heterocycles. The van der Waals surface area contributed by atoms with Gasteiger partial charge in [0.25, 0.3) is 0 Å². The molecule has 96 valence electrons. The van der Waals surface area contributed by atoms with Crippen LogP contribution in [0.3, 0.4) is 0 Å². The first kappa shape index (κ1) is 12.7. The van der Waals surface area contributed by atoms with Gasteiger partial charge in [-0.1, -0.05) is 6.07 Å². The minimum absolute atomic E-state index is 0.0459. The lowest BCUT2D eigenvalue weighted by molar-refractivity contribution is 0.173. The van der Waals surface area contributed by atoms with Crippen LogP contribution in [0.4, 0.5) is 0 Å². The van der Waals surface area contributed by atoms with Crippen molar-refractivity contribution in [3.63, 3.8) is 0 Å². The normalized spacial score (nSPS) is 15.2. The highest BCUT2D eigenvalue weighted by Gasteiger charge is 2.24. The van der Waals surface area contributed by atoms with Gasteiger partial charge in [-0.05, 0) is 31.5 Å². The van der Waals surface area contributed by atoms with Crippen molar-refractivity contribution >= 4 is 0 Å². The Morgan fingerprint density at radius 3 is 2.83 bits per heavy atom. The van der Waals surface area contributed by atoms with E-state index in [1.807, 2.05) is 19.9 Å². The Balaban J connectivity index is 2.21. The van der Waals surface area contributed by atoms with E-state index in [1.165, 1.54) is 0 Å².